The molecule has 0 radical (unpaired) electrons. The highest BCUT2D eigenvalue weighted by atomic mass is 35.5. The average molecular weight is 309 g/mol. The Balaban J connectivity index is 1.66. The molecule has 21 heavy (non-hydrogen) atoms. The molecule has 1 aliphatic heterocycles. The van der Waals surface area contributed by atoms with E-state index >= 15 is 0 Å². The number of rotatable bonds is 3. The molecule has 5 nitrogen and oxygen atoms in total. The van der Waals surface area contributed by atoms with Crippen LogP contribution in [0.2, 0.25) is 5.02 Å². The van der Waals surface area contributed by atoms with E-state index in [9.17, 15) is 4.39 Å². The zero-order chi connectivity index (χ0) is 14.8. The molecule has 3 heterocycles. The molecule has 3 rings (SSSR count). The van der Waals surface area contributed by atoms with Gasteiger partial charge in [0.25, 0.3) is 0 Å². The molecule has 110 valence electrons. The summed E-state index contributed by atoms with van der Waals surface area (Å²) in [5.41, 5.74) is 0.975. The zero-order valence-corrected chi connectivity index (χ0v) is 12.2. The van der Waals surface area contributed by atoms with E-state index in [1.54, 1.807) is 12.4 Å². The molecule has 7 heteroatoms. The largest absolute Gasteiger partial charge is 0.458 e. The molecular formula is C14H14ClFN4O. The van der Waals surface area contributed by atoms with Crippen LogP contribution in [0.1, 0.15) is 12.0 Å². The summed E-state index contributed by atoms with van der Waals surface area (Å²) >= 11 is 5.71. The first-order valence-electron chi connectivity index (χ1n) is 6.63. The van der Waals surface area contributed by atoms with E-state index < -0.39 is 5.82 Å². The van der Waals surface area contributed by atoms with Crippen molar-refractivity contribution in [1.29, 1.82) is 0 Å². The maximum Gasteiger partial charge on any atom is 0.316 e. The summed E-state index contributed by atoms with van der Waals surface area (Å²) in [6, 6.07) is 1.61. The van der Waals surface area contributed by atoms with Gasteiger partial charge < -0.3 is 9.64 Å². The molecule has 1 aliphatic rings. The van der Waals surface area contributed by atoms with E-state index in [1.165, 1.54) is 12.3 Å². The molecule has 0 aliphatic carbocycles. The summed E-state index contributed by atoms with van der Waals surface area (Å²) in [5, 5.41) is 0.288. The monoisotopic (exact) mass is 308 g/mol. The summed E-state index contributed by atoms with van der Waals surface area (Å²) in [6.45, 7) is 3.13. The van der Waals surface area contributed by atoms with Crippen LogP contribution in [0.4, 0.5) is 10.2 Å². The molecule has 0 aromatic carbocycles. The Kier molecular flexibility index (Phi) is 3.88. The fourth-order valence-electron chi connectivity index (χ4n) is 2.25. The number of hydrogen-bond acceptors (Lipinski definition) is 5. The van der Waals surface area contributed by atoms with E-state index in [0.29, 0.717) is 24.9 Å². The lowest BCUT2D eigenvalue weighted by atomic mass is 10.3. The Morgan fingerprint density at radius 1 is 1.29 bits per heavy atom. The fourth-order valence-corrected chi connectivity index (χ4v) is 2.39. The average Bonchev–Trinajstić information content (AvgIpc) is 2.90. The summed E-state index contributed by atoms with van der Waals surface area (Å²) in [7, 11) is 0. The second-order valence-electron chi connectivity index (χ2n) is 4.98. The Morgan fingerprint density at radius 3 is 2.76 bits per heavy atom. The number of halogens is 2. The van der Waals surface area contributed by atoms with Crippen molar-refractivity contribution in [3.05, 3.63) is 41.1 Å². The van der Waals surface area contributed by atoms with Crippen molar-refractivity contribution in [2.45, 2.75) is 19.4 Å². The summed E-state index contributed by atoms with van der Waals surface area (Å²) in [4.78, 5) is 14.1. The van der Waals surface area contributed by atoms with Crippen LogP contribution in [-0.4, -0.2) is 34.1 Å². The summed E-state index contributed by atoms with van der Waals surface area (Å²) in [6.07, 6.45) is 5.54. The van der Waals surface area contributed by atoms with Crippen molar-refractivity contribution in [3.63, 3.8) is 0 Å². The third-order valence-corrected chi connectivity index (χ3v) is 3.47. The van der Waals surface area contributed by atoms with Gasteiger partial charge in [0.1, 0.15) is 6.10 Å². The van der Waals surface area contributed by atoms with Gasteiger partial charge in [-0.2, -0.15) is 0 Å². The lowest BCUT2D eigenvalue weighted by molar-refractivity contribution is 0.206. The maximum atomic E-state index is 13.8. The fraction of sp³-hybridized carbons (Fsp3) is 0.357. The minimum Gasteiger partial charge on any atom is -0.458 e. The van der Waals surface area contributed by atoms with E-state index in [1.807, 2.05) is 11.8 Å². The number of hydrogen-bond donors (Lipinski definition) is 0. The summed E-state index contributed by atoms with van der Waals surface area (Å²) in [5.74, 6) is -0.120. The number of ether oxygens (including phenoxy) is 1. The van der Waals surface area contributed by atoms with Crippen molar-refractivity contribution in [3.8, 4) is 6.01 Å². The van der Waals surface area contributed by atoms with Gasteiger partial charge >= 0.3 is 6.01 Å². The van der Waals surface area contributed by atoms with Crippen LogP contribution in [0.5, 0.6) is 6.01 Å². The minimum absolute atomic E-state index is 0.0791. The number of anilines is 1. The Hall–Kier alpha value is -1.95. The lowest BCUT2D eigenvalue weighted by Gasteiger charge is -2.18. The molecule has 0 amide bonds. The Morgan fingerprint density at radius 2 is 2.05 bits per heavy atom. The van der Waals surface area contributed by atoms with Crippen LogP contribution >= 0.6 is 11.6 Å². The van der Waals surface area contributed by atoms with Crippen LogP contribution in [-0.2, 0) is 0 Å². The standard InChI is InChI=1S/C14H14ClFN4O/c1-9-5-18-14(19-6-9)21-11-2-3-20(8-11)13-12(16)4-10(15)7-17-13/h4-7,11H,2-3,8H2,1H3. The molecule has 0 saturated carbocycles. The van der Waals surface area contributed by atoms with Gasteiger partial charge in [-0.3, -0.25) is 0 Å². The quantitative estimate of drug-likeness (QED) is 0.872. The van der Waals surface area contributed by atoms with E-state index in [4.69, 9.17) is 16.3 Å². The third kappa shape index (κ3) is 3.21. The first-order valence-corrected chi connectivity index (χ1v) is 7.01. The highest BCUT2D eigenvalue weighted by Crippen LogP contribution is 2.24. The van der Waals surface area contributed by atoms with Crippen molar-refractivity contribution >= 4 is 17.4 Å². The maximum absolute atomic E-state index is 13.8. The van der Waals surface area contributed by atoms with Gasteiger partial charge in [0.15, 0.2) is 11.6 Å². The van der Waals surface area contributed by atoms with Crippen molar-refractivity contribution in [2.75, 3.05) is 18.0 Å². The van der Waals surface area contributed by atoms with Gasteiger partial charge in [0, 0.05) is 31.6 Å². The molecule has 0 bridgehead atoms. The number of nitrogens with zero attached hydrogens (tertiary/aromatic N) is 4. The zero-order valence-electron chi connectivity index (χ0n) is 11.5. The summed E-state index contributed by atoms with van der Waals surface area (Å²) < 4.78 is 19.6. The number of aryl methyl sites for hydroxylation is 1. The van der Waals surface area contributed by atoms with Gasteiger partial charge in [-0.25, -0.2) is 19.3 Å². The van der Waals surface area contributed by atoms with Crippen LogP contribution in [0.25, 0.3) is 0 Å². The second-order valence-corrected chi connectivity index (χ2v) is 5.41. The molecule has 0 N–H and O–H groups in total. The van der Waals surface area contributed by atoms with Crippen molar-refractivity contribution in [1.82, 2.24) is 15.0 Å². The SMILES string of the molecule is Cc1cnc(OC2CCN(c3ncc(Cl)cc3F)C2)nc1. The molecule has 1 fully saturated rings. The Bertz CT molecular complexity index is 637. The van der Waals surface area contributed by atoms with E-state index in [0.717, 1.165) is 12.0 Å². The van der Waals surface area contributed by atoms with Gasteiger partial charge in [0.05, 0.1) is 11.6 Å². The number of pyridine rings is 1. The predicted octanol–water partition coefficient (Wildman–Crippen LogP) is 2.63. The smallest absolute Gasteiger partial charge is 0.316 e. The van der Waals surface area contributed by atoms with Gasteiger partial charge in [-0.05, 0) is 18.6 Å². The predicted molar refractivity (Wildman–Crippen MR) is 77.2 cm³/mol. The van der Waals surface area contributed by atoms with Gasteiger partial charge in [0.2, 0.25) is 0 Å². The van der Waals surface area contributed by atoms with Crippen LogP contribution in [0, 0.1) is 12.7 Å². The lowest BCUT2D eigenvalue weighted by Crippen LogP contribution is -2.26. The van der Waals surface area contributed by atoms with Crippen LogP contribution in [0.3, 0.4) is 0 Å². The third-order valence-electron chi connectivity index (χ3n) is 3.26. The van der Waals surface area contributed by atoms with E-state index in [2.05, 4.69) is 15.0 Å². The second kappa shape index (κ2) is 5.81. The molecule has 2 aromatic heterocycles. The topological polar surface area (TPSA) is 51.1 Å². The first-order chi connectivity index (χ1) is 10.1. The molecule has 1 unspecified atom stereocenters. The normalized spacial score (nSPS) is 18.0. The van der Waals surface area contributed by atoms with Gasteiger partial charge in [-0.15, -0.1) is 0 Å². The molecule has 2 aromatic rings. The molecule has 1 saturated heterocycles. The minimum atomic E-state index is -0.422. The van der Waals surface area contributed by atoms with Crippen LogP contribution < -0.4 is 9.64 Å². The highest BCUT2D eigenvalue weighted by Gasteiger charge is 2.27. The molecular weight excluding hydrogens is 295 g/mol. The molecule has 0 spiro atoms. The first kappa shape index (κ1) is 14.0. The van der Waals surface area contributed by atoms with Crippen LogP contribution in [0.15, 0.2) is 24.7 Å². The van der Waals surface area contributed by atoms with Crippen molar-refractivity contribution < 1.29 is 9.13 Å². The number of aromatic nitrogens is 3. The molecule has 1 atom stereocenters. The highest BCUT2D eigenvalue weighted by molar-refractivity contribution is 6.30. The Labute approximate surface area is 126 Å². The van der Waals surface area contributed by atoms with Gasteiger partial charge in [-0.1, -0.05) is 11.6 Å². The van der Waals surface area contributed by atoms with Crippen molar-refractivity contribution in [2.24, 2.45) is 0 Å². The van der Waals surface area contributed by atoms with E-state index in [-0.39, 0.29) is 11.1 Å².